The van der Waals surface area contributed by atoms with Crippen LogP contribution in [0, 0.1) is 0 Å². The highest BCUT2D eigenvalue weighted by molar-refractivity contribution is 7.92. The molecule has 0 aliphatic carbocycles. The zero-order chi connectivity index (χ0) is 16.4. The Hall–Kier alpha value is -2.87. The van der Waals surface area contributed by atoms with E-state index >= 15 is 0 Å². The average Bonchev–Trinajstić information content (AvgIpc) is 2.96. The highest BCUT2D eigenvalue weighted by Crippen LogP contribution is 2.21. The van der Waals surface area contributed by atoms with E-state index in [0.29, 0.717) is 17.0 Å². The van der Waals surface area contributed by atoms with Crippen LogP contribution < -0.4 is 10.0 Å². The van der Waals surface area contributed by atoms with E-state index in [1.54, 1.807) is 35.1 Å². The van der Waals surface area contributed by atoms with Gasteiger partial charge in [-0.2, -0.15) is 0 Å². The Morgan fingerprint density at radius 3 is 2.57 bits per heavy atom. The van der Waals surface area contributed by atoms with Gasteiger partial charge < -0.3 is 9.72 Å². The fraction of sp³-hybridized carbons (Fsp3) is 0.0667. The highest BCUT2D eigenvalue weighted by Gasteiger charge is 2.16. The van der Waals surface area contributed by atoms with Crippen molar-refractivity contribution in [3.05, 3.63) is 55.0 Å². The number of nitrogens with one attached hydrogen (secondary N) is 2. The molecule has 23 heavy (non-hydrogen) atoms. The summed E-state index contributed by atoms with van der Waals surface area (Å²) in [5, 5.41) is 2.59. The third-order valence-corrected chi connectivity index (χ3v) is 4.53. The van der Waals surface area contributed by atoms with E-state index in [1.165, 1.54) is 31.2 Å². The summed E-state index contributed by atoms with van der Waals surface area (Å²) in [6.07, 6.45) is 5.10. The van der Waals surface area contributed by atoms with Gasteiger partial charge in [0.2, 0.25) is 5.91 Å². The summed E-state index contributed by atoms with van der Waals surface area (Å²) in [6.45, 7) is 1.39. The van der Waals surface area contributed by atoms with E-state index in [9.17, 15) is 13.2 Å². The number of nitrogens with zero attached hydrogens (tertiary/aromatic N) is 2. The molecule has 0 radical (unpaired) electrons. The zero-order valence-electron chi connectivity index (χ0n) is 12.2. The molecule has 0 aliphatic rings. The topological polar surface area (TPSA) is 92.6 Å². The molecule has 7 nitrogen and oxygen atoms in total. The van der Waals surface area contributed by atoms with Crippen LogP contribution in [0.2, 0.25) is 0 Å². The predicted octanol–water partition coefficient (Wildman–Crippen LogP) is 2.09. The molecule has 8 heteroatoms. The third-order valence-electron chi connectivity index (χ3n) is 3.15. The molecule has 1 aromatic carbocycles. The number of benzene rings is 1. The molecule has 2 heterocycles. The molecular formula is C15H14N4O3S. The van der Waals surface area contributed by atoms with Crippen molar-refractivity contribution >= 4 is 33.0 Å². The number of rotatable bonds is 4. The number of imidazole rings is 1. The second-order valence-electron chi connectivity index (χ2n) is 4.89. The summed E-state index contributed by atoms with van der Waals surface area (Å²) in [5.41, 5.74) is 1.45. The Labute approximate surface area is 133 Å². The molecule has 1 amide bonds. The van der Waals surface area contributed by atoms with Gasteiger partial charge in [-0.3, -0.25) is 9.52 Å². The lowest BCUT2D eigenvalue weighted by Crippen LogP contribution is -2.14. The monoisotopic (exact) mass is 330 g/mol. The molecule has 0 saturated heterocycles. The van der Waals surface area contributed by atoms with Crippen molar-refractivity contribution < 1.29 is 13.2 Å². The first-order chi connectivity index (χ1) is 11.0. The van der Waals surface area contributed by atoms with E-state index in [1.807, 2.05) is 0 Å². The maximum absolute atomic E-state index is 12.5. The summed E-state index contributed by atoms with van der Waals surface area (Å²) in [4.78, 5) is 15.2. The highest BCUT2D eigenvalue weighted by atomic mass is 32.2. The van der Waals surface area contributed by atoms with Crippen LogP contribution in [0.5, 0.6) is 0 Å². The van der Waals surface area contributed by atoms with Crippen LogP contribution in [0.15, 0.2) is 59.9 Å². The molecule has 3 aromatic rings. The summed E-state index contributed by atoms with van der Waals surface area (Å²) < 4.78 is 29.2. The number of carbonyl (C=O) groups excluding carboxylic acids is 1. The second-order valence-corrected chi connectivity index (χ2v) is 6.57. The van der Waals surface area contributed by atoms with Gasteiger partial charge in [-0.15, -0.1) is 0 Å². The maximum Gasteiger partial charge on any atom is 0.262 e. The molecule has 0 saturated carbocycles. The van der Waals surface area contributed by atoms with Gasteiger partial charge >= 0.3 is 0 Å². The summed E-state index contributed by atoms with van der Waals surface area (Å²) >= 11 is 0. The molecular weight excluding hydrogens is 316 g/mol. The summed E-state index contributed by atoms with van der Waals surface area (Å²) in [5.74, 6) is -0.218. The lowest BCUT2D eigenvalue weighted by Gasteiger charge is -2.10. The molecule has 0 aliphatic heterocycles. The first kappa shape index (κ1) is 15.0. The fourth-order valence-corrected chi connectivity index (χ4v) is 3.21. The van der Waals surface area contributed by atoms with Crippen molar-refractivity contribution in [2.75, 3.05) is 10.0 Å². The maximum atomic E-state index is 12.5. The molecule has 2 N–H and O–H groups in total. The molecule has 0 spiro atoms. The number of sulfonamides is 1. The van der Waals surface area contributed by atoms with Crippen molar-refractivity contribution in [3.8, 4) is 0 Å². The Morgan fingerprint density at radius 1 is 1.13 bits per heavy atom. The Kier molecular flexibility index (Phi) is 3.75. The second kappa shape index (κ2) is 5.73. The van der Waals surface area contributed by atoms with E-state index in [2.05, 4.69) is 15.0 Å². The van der Waals surface area contributed by atoms with Gasteiger partial charge in [0, 0.05) is 31.2 Å². The molecule has 0 fully saturated rings. The number of hydrogen-bond donors (Lipinski definition) is 2. The lowest BCUT2D eigenvalue weighted by atomic mass is 10.3. The molecule has 0 unspecified atom stereocenters. The van der Waals surface area contributed by atoms with Crippen LogP contribution in [0.1, 0.15) is 6.92 Å². The van der Waals surface area contributed by atoms with Gasteiger partial charge in [0.05, 0.1) is 10.6 Å². The number of anilines is 2. The van der Waals surface area contributed by atoms with Crippen molar-refractivity contribution in [1.82, 2.24) is 9.38 Å². The minimum Gasteiger partial charge on any atom is -0.326 e. The van der Waals surface area contributed by atoms with Crippen LogP contribution in [0.3, 0.4) is 0 Å². The normalized spacial score (nSPS) is 11.3. The lowest BCUT2D eigenvalue weighted by molar-refractivity contribution is -0.114. The van der Waals surface area contributed by atoms with Gasteiger partial charge in [0.25, 0.3) is 10.0 Å². The Balaban J connectivity index is 1.89. The van der Waals surface area contributed by atoms with Gasteiger partial charge in [0.1, 0.15) is 0 Å². The van der Waals surface area contributed by atoms with Gasteiger partial charge in [-0.1, -0.05) is 0 Å². The largest absolute Gasteiger partial charge is 0.326 e. The van der Waals surface area contributed by atoms with E-state index < -0.39 is 10.0 Å². The number of hydrogen-bond acceptors (Lipinski definition) is 4. The number of pyridine rings is 1. The number of aromatic nitrogens is 2. The first-order valence-corrected chi connectivity index (χ1v) is 8.26. The smallest absolute Gasteiger partial charge is 0.262 e. The molecule has 2 aromatic heterocycles. The van der Waals surface area contributed by atoms with Crippen LogP contribution in [0.4, 0.5) is 11.4 Å². The van der Waals surface area contributed by atoms with Crippen molar-refractivity contribution in [1.29, 1.82) is 0 Å². The van der Waals surface area contributed by atoms with Crippen molar-refractivity contribution in [2.24, 2.45) is 0 Å². The van der Waals surface area contributed by atoms with E-state index in [-0.39, 0.29) is 10.8 Å². The van der Waals surface area contributed by atoms with Crippen LogP contribution in [-0.2, 0) is 14.8 Å². The zero-order valence-corrected chi connectivity index (χ0v) is 13.0. The molecule has 0 atom stereocenters. The summed E-state index contributed by atoms with van der Waals surface area (Å²) in [7, 11) is -3.74. The number of amides is 1. The minimum atomic E-state index is -3.74. The Morgan fingerprint density at radius 2 is 1.87 bits per heavy atom. The van der Waals surface area contributed by atoms with Gasteiger partial charge in [0.15, 0.2) is 5.65 Å². The SMILES string of the molecule is CC(=O)Nc1ccc(S(=O)(=O)Nc2cccn3ccnc23)cc1. The van der Waals surface area contributed by atoms with Crippen LogP contribution in [-0.4, -0.2) is 23.7 Å². The van der Waals surface area contributed by atoms with Gasteiger partial charge in [-0.05, 0) is 36.4 Å². The summed E-state index contributed by atoms with van der Waals surface area (Å²) in [6, 6.07) is 9.30. The average molecular weight is 330 g/mol. The number of fused-ring (bicyclic) bond motifs is 1. The van der Waals surface area contributed by atoms with Crippen LogP contribution >= 0.6 is 0 Å². The predicted molar refractivity (Wildman–Crippen MR) is 86.7 cm³/mol. The standard InChI is InChI=1S/C15H14N4O3S/c1-11(20)17-12-4-6-13(7-5-12)23(21,22)18-14-3-2-9-19-10-8-16-15(14)19/h2-10,18H,1H3,(H,17,20). The minimum absolute atomic E-state index is 0.0974. The Bertz CT molecular complexity index is 962. The van der Waals surface area contributed by atoms with E-state index in [0.717, 1.165) is 0 Å². The van der Waals surface area contributed by atoms with Crippen molar-refractivity contribution in [2.45, 2.75) is 11.8 Å². The molecule has 118 valence electrons. The number of carbonyl (C=O) groups is 1. The van der Waals surface area contributed by atoms with Crippen molar-refractivity contribution in [3.63, 3.8) is 0 Å². The van der Waals surface area contributed by atoms with E-state index in [4.69, 9.17) is 0 Å². The first-order valence-electron chi connectivity index (χ1n) is 6.78. The fourth-order valence-electron chi connectivity index (χ4n) is 2.15. The molecule has 3 rings (SSSR count). The quantitative estimate of drug-likeness (QED) is 0.766. The van der Waals surface area contributed by atoms with Crippen LogP contribution in [0.25, 0.3) is 5.65 Å². The molecule has 0 bridgehead atoms. The third kappa shape index (κ3) is 3.16. The van der Waals surface area contributed by atoms with Gasteiger partial charge in [-0.25, -0.2) is 13.4 Å².